The summed E-state index contributed by atoms with van der Waals surface area (Å²) in [7, 11) is 0. The van der Waals surface area contributed by atoms with Gasteiger partial charge in [0, 0.05) is 25.2 Å². The van der Waals surface area contributed by atoms with Crippen LogP contribution in [0.4, 0.5) is 0 Å². The number of amides is 1. The molecule has 4 heteroatoms. The topological polar surface area (TPSA) is 32.3 Å². The summed E-state index contributed by atoms with van der Waals surface area (Å²) in [6.07, 6.45) is 1.05. The normalized spacial score (nSPS) is 14.9. The van der Waals surface area contributed by atoms with Crippen LogP contribution in [0.25, 0.3) is 10.8 Å². The summed E-state index contributed by atoms with van der Waals surface area (Å²) in [6.45, 7) is 2.52. The number of carbonyl (C=O) groups excluding carboxylic acids is 1. The van der Waals surface area contributed by atoms with Crippen molar-refractivity contribution in [3.05, 3.63) is 106 Å². The quantitative estimate of drug-likeness (QED) is 0.474. The molecule has 150 valence electrons. The van der Waals surface area contributed by atoms with E-state index in [1.165, 1.54) is 16.7 Å². The Labute approximate surface area is 181 Å². The summed E-state index contributed by atoms with van der Waals surface area (Å²) < 4.78 is 0. The average molecular weight is 413 g/mol. The molecule has 0 saturated carbocycles. The molecule has 1 N–H and O–H groups in total. The van der Waals surface area contributed by atoms with Crippen molar-refractivity contribution in [2.24, 2.45) is 0 Å². The smallest absolute Gasteiger partial charge is 0.251 e. The first-order valence-corrected chi connectivity index (χ1v) is 11.3. The summed E-state index contributed by atoms with van der Waals surface area (Å²) in [5, 5.41) is 9.76. The molecule has 1 aliphatic rings. The minimum absolute atomic E-state index is 0.0154. The van der Waals surface area contributed by atoms with Crippen molar-refractivity contribution in [1.82, 2.24) is 10.2 Å². The van der Waals surface area contributed by atoms with E-state index >= 15 is 0 Å². The number of thiophene rings is 1. The number of fused-ring (bicyclic) bond motifs is 2. The van der Waals surface area contributed by atoms with Crippen LogP contribution in [0, 0.1) is 0 Å². The molecule has 0 aliphatic carbocycles. The fourth-order valence-corrected chi connectivity index (χ4v) is 5.04. The van der Waals surface area contributed by atoms with Crippen LogP contribution in [-0.2, 0) is 13.0 Å². The first-order valence-electron chi connectivity index (χ1n) is 10.4. The Balaban J connectivity index is 1.34. The predicted octanol–water partition coefficient (Wildman–Crippen LogP) is 5.43. The standard InChI is InChI=1S/C26H24N2OS/c29-26(22-10-9-19-5-1-3-7-21(19)15-22)27-16-25(24-12-14-30-18-24)28-13-11-20-6-2-4-8-23(20)17-28/h1-10,12,14-15,18,25H,11,13,16-17H2,(H,27,29)/t25-/m1/s1. The van der Waals surface area contributed by atoms with Gasteiger partial charge in [0.05, 0.1) is 6.04 Å². The highest BCUT2D eigenvalue weighted by Crippen LogP contribution is 2.29. The van der Waals surface area contributed by atoms with Crippen molar-refractivity contribution < 1.29 is 4.79 Å². The summed E-state index contributed by atoms with van der Waals surface area (Å²) in [5.74, 6) is -0.0154. The number of hydrogen-bond donors (Lipinski definition) is 1. The zero-order valence-corrected chi connectivity index (χ0v) is 17.6. The highest BCUT2D eigenvalue weighted by molar-refractivity contribution is 7.08. The SMILES string of the molecule is O=C(NC[C@H](c1ccsc1)N1CCc2ccccc2C1)c1ccc2ccccc2c1. The maximum atomic E-state index is 12.9. The van der Waals surface area contributed by atoms with Crippen LogP contribution >= 0.6 is 11.3 Å². The van der Waals surface area contributed by atoms with Gasteiger partial charge in [-0.1, -0.05) is 54.6 Å². The molecule has 5 rings (SSSR count). The summed E-state index contributed by atoms with van der Waals surface area (Å²) >= 11 is 1.71. The molecule has 0 saturated heterocycles. The van der Waals surface area contributed by atoms with E-state index in [1.54, 1.807) is 11.3 Å². The molecule has 1 aromatic heterocycles. The van der Waals surface area contributed by atoms with Crippen LogP contribution in [0.5, 0.6) is 0 Å². The maximum absolute atomic E-state index is 12.9. The van der Waals surface area contributed by atoms with E-state index in [-0.39, 0.29) is 11.9 Å². The van der Waals surface area contributed by atoms with Crippen molar-refractivity contribution in [3.8, 4) is 0 Å². The lowest BCUT2D eigenvalue weighted by Crippen LogP contribution is -2.40. The molecule has 2 heterocycles. The van der Waals surface area contributed by atoms with Gasteiger partial charge in [0.2, 0.25) is 0 Å². The van der Waals surface area contributed by atoms with Crippen LogP contribution in [0.1, 0.15) is 33.1 Å². The van der Waals surface area contributed by atoms with Gasteiger partial charge in [-0.2, -0.15) is 11.3 Å². The number of rotatable bonds is 5. The fourth-order valence-electron chi connectivity index (χ4n) is 4.33. The molecule has 1 amide bonds. The van der Waals surface area contributed by atoms with Crippen LogP contribution < -0.4 is 5.32 Å². The van der Waals surface area contributed by atoms with Gasteiger partial charge in [-0.05, 0) is 62.8 Å². The van der Waals surface area contributed by atoms with E-state index in [4.69, 9.17) is 0 Å². The monoisotopic (exact) mass is 412 g/mol. The number of hydrogen-bond acceptors (Lipinski definition) is 3. The number of carbonyl (C=O) groups is 1. The van der Waals surface area contributed by atoms with Crippen molar-refractivity contribution in [1.29, 1.82) is 0 Å². The van der Waals surface area contributed by atoms with Gasteiger partial charge < -0.3 is 5.32 Å². The van der Waals surface area contributed by atoms with E-state index < -0.39 is 0 Å². The minimum atomic E-state index is -0.0154. The maximum Gasteiger partial charge on any atom is 0.251 e. The Hall–Kier alpha value is -2.95. The second-order valence-electron chi connectivity index (χ2n) is 7.83. The second-order valence-corrected chi connectivity index (χ2v) is 8.61. The molecule has 30 heavy (non-hydrogen) atoms. The number of nitrogens with zero attached hydrogens (tertiary/aromatic N) is 1. The summed E-state index contributed by atoms with van der Waals surface area (Å²) in [6, 6.07) is 25.1. The predicted molar refractivity (Wildman–Crippen MR) is 124 cm³/mol. The Morgan fingerprint density at radius 3 is 2.60 bits per heavy atom. The zero-order valence-electron chi connectivity index (χ0n) is 16.8. The molecule has 4 aromatic rings. The molecular formula is C26H24N2OS. The molecule has 0 fully saturated rings. The van der Waals surface area contributed by atoms with Crippen LogP contribution in [0.3, 0.4) is 0 Å². The first kappa shape index (κ1) is 19.0. The number of benzene rings is 3. The van der Waals surface area contributed by atoms with Gasteiger partial charge >= 0.3 is 0 Å². The summed E-state index contributed by atoms with van der Waals surface area (Å²) in [5.41, 5.74) is 4.82. The Morgan fingerprint density at radius 2 is 1.77 bits per heavy atom. The largest absolute Gasteiger partial charge is 0.350 e. The van der Waals surface area contributed by atoms with Gasteiger partial charge in [-0.15, -0.1) is 0 Å². The Kier molecular flexibility index (Phi) is 5.35. The van der Waals surface area contributed by atoms with Crippen LogP contribution in [0.2, 0.25) is 0 Å². The number of nitrogens with one attached hydrogen (secondary N) is 1. The second kappa shape index (κ2) is 8.42. The molecule has 0 bridgehead atoms. The van der Waals surface area contributed by atoms with Crippen molar-refractivity contribution in [2.75, 3.05) is 13.1 Å². The van der Waals surface area contributed by atoms with Gasteiger partial charge in [0.15, 0.2) is 0 Å². The first-order chi connectivity index (χ1) is 14.8. The molecule has 1 atom stereocenters. The lowest BCUT2D eigenvalue weighted by Gasteiger charge is -2.35. The molecule has 3 nitrogen and oxygen atoms in total. The van der Waals surface area contributed by atoms with Gasteiger partial charge in [0.1, 0.15) is 0 Å². The average Bonchev–Trinajstić information content (AvgIpc) is 3.33. The lowest BCUT2D eigenvalue weighted by atomic mass is 9.97. The van der Waals surface area contributed by atoms with E-state index in [0.29, 0.717) is 12.1 Å². The highest BCUT2D eigenvalue weighted by Gasteiger charge is 2.25. The third-order valence-electron chi connectivity index (χ3n) is 6.00. The Bertz CT molecular complexity index is 1170. The van der Waals surface area contributed by atoms with Gasteiger partial charge in [0.25, 0.3) is 5.91 Å². The van der Waals surface area contributed by atoms with Crippen molar-refractivity contribution in [2.45, 2.75) is 19.0 Å². The third-order valence-corrected chi connectivity index (χ3v) is 6.70. The zero-order chi connectivity index (χ0) is 20.3. The molecular weight excluding hydrogens is 388 g/mol. The van der Waals surface area contributed by atoms with E-state index in [2.05, 4.69) is 57.4 Å². The molecule has 3 aromatic carbocycles. The fraction of sp³-hybridized carbons (Fsp3) is 0.192. The van der Waals surface area contributed by atoms with Crippen molar-refractivity contribution >= 4 is 28.0 Å². The Morgan fingerprint density at radius 1 is 0.967 bits per heavy atom. The molecule has 1 aliphatic heterocycles. The third kappa shape index (κ3) is 3.89. The highest BCUT2D eigenvalue weighted by atomic mass is 32.1. The van der Waals surface area contributed by atoms with E-state index in [1.807, 2.05) is 36.4 Å². The van der Waals surface area contributed by atoms with Gasteiger partial charge in [-0.25, -0.2) is 0 Å². The van der Waals surface area contributed by atoms with Crippen LogP contribution in [0.15, 0.2) is 83.6 Å². The van der Waals surface area contributed by atoms with Crippen molar-refractivity contribution in [3.63, 3.8) is 0 Å². The van der Waals surface area contributed by atoms with Gasteiger partial charge in [-0.3, -0.25) is 9.69 Å². The molecule has 0 unspecified atom stereocenters. The molecule has 0 radical (unpaired) electrons. The van der Waals surface area contributed by atoms with E-state index in [9.17, 15) is 4.79 Å². The lowest BCUT2D eigenvalue weighted by molar-refractivity contribution is 0.0928. The van der Waals surface area contributed by atoms with Crippen LogP contribution in [-0.4, -0.2) is 23.9 Å². The minimum Gasteiger partial charge on any atom is -0.350 e. The van der Waals surface area contributed by atoms with E-state index in [0.717, 1.165) is 30.3 Å². The summed E-state index contributed by atoms with van der Waals surface area (Å²) in [4.78, 5) is 15.4. The molecule has 0 spiro atoms.